The van der Waals surface area contributed by atoms with Crippen LogP contribution in [0.1, 0.15) is 0 Å². The molecule has 2 heteroatoms. The second kappa shape index (κ2) is 12.9. The smallest absolute Gasteiger partial charge is 0.0562 e. The zero-order chi connectivity index (χ0) is 38.2. The Balaban J connectivity index is 1.18. The lowest BCUT2D eigenvalue weighted by Crippen LogP contribution is -2.12. The second-order valence-corrected chi connectivity index (χ2v) is 15.2. The van der Waals surface area contributed by atoms with Crippen molar-refractivity contribution in [2.75, 3.05) is 4.90 Å². The fourth-order valence-corrected chi connectivity index (χ4v) is 9.71. The minimum atomic E-state index is 1.13. The van der Waals surface area contributed by atoms with Crippen LogP contribution in [-0.2, 0) is 0 Å². The van der Waals surface area contributed by atoms with Crippen molar-refractivity contribution in [2.24, 2.45) is 0 Å². The van der Waals surface area contributed by atoms with Crippen LogP contribution in [0, 0.1) is 0 Å². The summed E-state index contributed by atoms with van der Waals surface area (Å²) in [5.41, 5.74) is 16.9. The van der Waals surface area contributed by atoms with E-state index in [9.17, 15) is 0 Å². The lowest BCUT2D eigenvalue weighted by molar-refractivity contribution is 1.18. The standard InChI is InChI=1S/C56H36N2/c1-2-17-38(18-3-1)40-22-8-11-30-49(40)57(52-36-35-46-43-24-7-6-23-42(43)45-28-15-29-47(52)55(45)46)53-33-16-34-54-56(53)48-26-10-13-32-51(48)58(54)50-31-12-9-25-44(50)41-27-14-20-37-19-4-5-21-39(37)41/h1-36H. The lowest BCUT2D eigenvalue weighted by Gasteiger charge is -2.30. The summed E-state index contributed by atoms with van der Waals surface area (Å²) >= 11 is 0. The molecule has 0 saturated carbocycles. The van der Waals surface area contributed by atoms with Crippen molar-refractivity contribution in [1.82, 2.24) is 4.57 Å². The zero-order valence-electron chi connectivity index (χ0n) is 31.7. The summed E-state index contributed by atoms with van der Waals surface area (Å²) in [7, 11) is 0. The molecule has 12 rings (SSSR count). The first kappa shape index (κ1) is 32.6. The highest BCUT2D eigenvalue weighted by Gasteiger charge is 2.28. The van der Waals surface area contributed by atoms with Gasteiger partial charge in [-0.2, -0.15) is 0 Å². The van der Waals surface area contributed by atoms with E-state index in [1.165, 1.54) is 82.3 Å². The highest BCUT2D eigenvalue weighted by atomic mass is 15.2. The summed E-state index contributed by atoms with van der Waals surface area (Å²) < 4.78 is 2.48. The molecule has 0 amide bonds. The SMILES string of the molecule is c1ccc(-c2ccccc2N(c2ccc3c4c(cccc24)-c2ccccc2-3)c2cccc3c2c2ccccc2n3-c2ccccc2-c2cccc3ccccc23)cc1. The van der Waals surface area contributed by atoms with E-state index >= 15 is 0 Å². The van der Waals surface area contributed by atoms with E-state index in [1.807, 2.05) is 0 Å². The van der Waals surface area contributed by atoms with Gasteiger partial charge in [0.05, 0.1) is 33.8 Å². The van der Waals surface area contributed by atoms with Crippen molar-refractivity contribution in [3.8, 4) is 50.2 Å². The molecule has 270 valence electrons. The Labute approximate surface area is 337 Å². The summed E-state index contributed by atoms with van der Waals surface area (Å²) in [5.74, 6) is 0. The molecule has 10 aromatic carbocycles. The molecule has 2 nitrogen and oxygen atoms in total. The van der Waals surface area contributed by atoms with Crippen LogP contribution in [-0.4, -0.2) is 4.57 Å². The Bertz CT molecular complexity index is 3370. The third-order valence-electron chi connectivity index (χ3n) is 12.1. The van der Waals surface area contributed by atoms with Gasteiger partial charge in [-0.15, -0.1) is 0 Å². The molecule has 11 aromatic rings. The van der Waals surface area contributed by atoms with Crippen LogP contribution in [0.5, 0.6) is 0 Å². The Morgan fingerprint density at radius 3 is 1.69 bits per heavy atom. The molecular formula is C56H36N2. The summed E-state index contributed by atoms with van der Waals surface area (Å²) in [4.78, 5) is 2.53. The van der Waals surface area contributed by atoms with Crippen molar-refractivity contribution in [3.05, 3.63) is 218 Å². The number of aromatic nitrogens is 1. The first-order valence-corrected chi connectivity index (χ1v) is 20.0. The monoisotopic (exact) mass is 736 g/mol. The van der Waals surface area contributed by atoms with Crippen LogP contribution in [0.25, 0.3) is 93.5 Å². The Morgan fingerprint density at radius 2 is 0.828 bits per heavy atom. The molecule has 1 aliphatic carbocycles. The van der Waals surface area contributed by atoms with Gasteiger partial charge in [-0.05, 0) is 85.9 Å². The van der Waals surface area contributed by atoms with Crippen LogP contribution < -0.4 is 4.90 Å². The number of para-hydroxylation sites is 3. The number of fused-ring (bicyclic) bond motifs is 7. The van der Waals surface area contributed by atoms with Gasteiger partial charge in [0.25, 0.3) is 0 Å². The number of anilines is 3. The van der Waals surface area contributed by atoms with Crippen LogP contribution >= 0.6 is 0 Å². The summed E-state index contributed by atoms with van der Waals surface area (Å²) in [6.45, 7) is 0. The van der Waals surface area contributed by atoms with E-state index in [-0.39, 0.29) is 0 Å². The van der Waals surface area contributed by atoms with Gasteiger partial charge in [0.2, 0.25) is 0 Å². The quantitative estimate of drug-likeness (QED) is 0.165. The second-order valence-electron chi connectivity index (χ2n) is 15.2. The van der Waals surface area contributed by atoms with Crippen molar-refractivity contribution in [3.63, 3.8) is 0 Å². The number of rotatable bonds is 6. The topological polar surface area (TPSA) is 8.17 Å². The fraction of sp³-hybridized carbons (Fsp3) is 0. The normalized spacial score (nSPS) is 11.8. The minimum Gasteiger partial charge on any atom is -0.309 e. The number of hydrogen-bond acceptors (Lipinski definition) is 1. The van der Waals surface area contributed by atoms with Gasteiger partial charge in [0, 0.05) is 27.3 Å². The summed E-state index contributed by atoms with van der Waals surface area (Å²) in [6, 6.07) is 80.0. The largest absolute Gasteiger partial charge is 0.309 e. The van der Waals surface area contributed by atoms with Crippen molar-refractivity contribution >= 4 is 60.4 Å². The molecule has 58 heavy (non-hydrogen) atoms. The Hall–Kier alpha value is -7.68. The van der Waals surface area contributed by atoms with Crippen LogP contribution in [0.2, 0.25) is 0 Å². The van der Waals surface area contributed by atoms with Gasteiger partial charge >= 0.3 is 0 Å². The third kappa shape index (κ3) is 4.79. The maximum absolute atomic E-state index is 2.53. The highest BCUT2D eigenvalue weighted by molar-refractivity contribution is 6.22. The fourth-order valence-electron chi connectivity index (χ4n) is 9.71. The minimum absolute atomic E-state index is 1.13. The molecule has 1 aromatic heterocycles. The molecule has 1 aliphatic rings. The predicted octanol–water partition coefficient (Wildman–Crippen LogP) is 15.5. The highest BCUT2D eigenvalue weighted by Crippen LogP contribution is 2.53. The van der Waals surface area contributed by atoms with Gasteiger partial charge < -0.3 is 9.47 Å². The molecule has 0 unspecified atom stereocenters. The first-order chi connectivity index (χ1) is 28.8. The van der Waals surface area contributed by atoms with Crippen molar-refractivity contribution < 1.29 is 0 Å². The van der Waals surface area contributed by atoms with Gasteiger partial charge in [-0.25, -0.2) is 0 Å². The van der Waals surface area contributed by atoms with Gasteiger partial charge in [0.1, 0.15) is 0 Å². The van der Waals surface area contributed by atoms with E-state index in [0.29, 0.717) is 0 Å². The molecule has 0 saturated heterocycles. The first-order valence-electron chi connectivity index (χ1n) is 20.0. The van der Waals surface area contributed by atoms with Crippen LogP contribution in [0.15, 0.2) is 218 Å². The number of nitrogens with zero attached hydrogens (tertiary/aromatic N) is 2. The van der Waals surface area contributed by atoms with Gasteiger partial charge in [0.15, 0.2) is 0 Å². The molecular weight excluding hydrogens is 701 g/mol. The van der Waals surface area contributed by atoms with E-state index < -0.39 is 0 Å². The lowest BCUT2D eigenvalue weighted by atomic mass is 9.97. The predicted molar refractivity (Wildman–Crippen MR) is 246 cm³/mol. The third-order valence-corrected chi connectivity index (χ3v) is 12.1. The molecule has 1 heterocycles. The average molecular weight is 737 g/mol. The van der Waals surface area contributed by atoms with Crippen molar-refractivity contribution in [2.45, 2.75) is 0 Å². The molecule has 0 spiro atoms. The van der Waals surface area contributed by atoms with E-state index in [4.69, 9.17) is 0 Å². The molecule has 0 radical (unpaired) electrons. The van der Waals surface area contributed by atoms with E-state index in [1.54, 1.807) is 0 Å². The Kier molecular flexibility index (Phi) is 7.26. The maximum atomic E-state index is 2.53. The summed E-state index contributed by atoms with van der Waals surface area (Å²) in [5, 5.41) is 7.44. The van der Waals surface area contributed by atoms with Crippen molar-refractivity contribution in [1.29, 1.82) is 0 Å². The Morgan fingerprint density at radius 1 is 0.276 bits per heavy atom. The van der Waals surface area contributed by atoms with Crippen LogP contribution in [0.4, 0.5) is 17.1 Å². The van der Waals surface area contributed by atoms with Gasteiger partial charge in [-0.1, -0.05) is 182 Å². The van der Waals surface area contributed by atoms with E-state index in [0.717, 1.165) is 28.3 Å². The average Bonchev–Trinajstić information content (AvgIpc) is 3.81. The van der Waals surface area contributed by atoms with E-state index in [2.05, 4.69) is 228 Å². The molecule has 0 atom stereocenters. The molecule has 0 aliphatic heterocycles. The number of benzene rings is 10. The van der Waals surface area contributed by atoms with Crippen LogP contribution in [0.3, 0.4) is 0 Å². The number of hydrogen-bond donors (Lipinski definition) is 0. The van der Waals surface area contributed by atoms with Gasteiger partial charge in [-0.3, -0.25) is 0 Å². The molecule has 0 fully saturated rings. The zero-order valence-corrected chi connectivity index (χ0v) is 31.7. The maximum Gasteiger partial charge on any atom is 0.0562 e. The summed E-state index contributed by atoms with van der Waals surface area (Å²) in [6.07, 6.45) is 0. The molecule has 0 bridgehead atoms. The molecule has 0 N–H and O–H groups in total.